The number of amides is 4. The lowest BCUT2D eigenvalue weighted by molar-refractivity contribution is -0.146. The van der Waals surface area contributed by atoms with Crippen molar-refractivity contribution in [1.29, 1.82) is 0 Å². The number of nitrogens with one attached hydrogen (secondary N) is 4. The van der Waals surface area contributed by atoms with Gasteiger partial charge in [-0.15, -0.1) is 0 Å². The van der Waals surface area contributed by atoms with Crippen molar-refractivity contribution in [1.82, 2.24) is 25.8 Å². The van der Waals surface area contributed by atoms with E-state index in [1.54, 1.807) is 0 Å². The van der Waals surface area contributed by atoms with Crippen molar-refractivity contribution in [3.63, 3.8) is 0 Å². The number of ether oxygens (including phenoxy) is 1. The summed E-state index contributed by atoms with van der Waals surface area (Å²) in [5.74, 6) is -0.918. The highest BCUT2D eigenvalue weighted by molar-refractivity contribution is 5.98. The number of para-hydroxylation sites is 2. The number of hydrogen-bond acceptors (Lipinski definition) is 5. The smallest absolute Gasteiger partial charge is 0.246 e. The Morgan fingerprint density at radius 1 is 0.977 bits per heavy atom. The molecule has 4 N–H and O–H groups in total. The lowest BCUT2D eigenvalue weighted by Crippen LogP contribution is -2.61. The fourth-order valence-electron chi connectivity index (χ4n) is 5.29. The van der Waals surface area contributed by atoms with Crippen LogP contribution >= 0.6 is 0 Å². The van der Waals surface area contributed by atoms with Crippen molar-refractivity contribution in [2.24, 2.45) is 0 Å². The molecule has 1 saturated heterocycles. The summed E-state index contributed by atoms with van der Waals surface area (Å²) in [5.41, 5.74) is 3.49. The van der Waals surface area contributed by atoms with Gasteiger partial charge in [-0.3, -0.25) is 19.2 Å². The Balaban J connectivity index is 1.29. The van der Waals surface area contributed by atoms with Gasteiger partial charge in [0.15, 0.2) is 0 Å². The highest BCUT2D eigenvalue weighted by atomic mass is 16.5. The normalized spacial score (nSPS) is 15.6. The number of hydrogen-bond donors (Lipinski definition) is 4. The molecule has 10 nitrogen and oxygen atoms in total. The summed E-state index contributed by atoms with van der Waals surface area (Å²) in [4.78, 5) is 56.9. The molecule has 0 spiro atoms. The summed E-state index contributed by atoms with van der Waals surface area (Å²) in [6.45, 7) is 2.01. The van der Waals surface area contributed by atoms with Crippen LogP contribution in [-0.4, -0.2) is 65.3 Å². The molecule has 0 radical (unpaired) electrons. The molecule has 0 aliphatic carbocycles. The maximum atomic E-state index is 13.5. The van der Waals surface area contributed by atoms with Crippen LogP contribution < -0.4 is 20.7 Å². The number of benzene rings is 3. The molecule has 4 aromatic rings. The molecule has 1 aliphatic rings. The maximum absolute atomic E-state index is 13.5. The Morgan fingerprint density at radius 2 is 1.72 bits per heavy atom. The summed E-state index contributed by atoms with van der Waals surface area (Å²) in [7, 11) is 0. The van der Waals surface area contributed by atoms with Gasteiger partial charge in [0.05, 0.1) is 6.61 Å². The Bertz CT molecular complexity index is 1600. The predicted octanol–water partition coefficient (Wildman–Crippen LogP) is 2.48. The third-order valence-electron chi connectivity index (χ3n) is 7.37. The maximum Gasteiger partial charge on any atom is 0.246 e. The van der Waals surface area contributed by atoms with Gasteiger partial charge < -0.3 is 30.6 Å². The zero-order valence-corrected chi connectivity index (χ0v) is 24.0. The van der Waals surface area contributed by atoms with Crippen LogP contribution in [0.5, 0.6) is 5.75 Å². The molecule has 10 heteroatoms. The van der Waals surface area contributed by atoms with Gasteiger partial charge in [0.2, 0.25) is 23.6 Å². The summed E-state index contributed by atoms with van der Waals surface area (Å²) < 4.78 is 5.68. The van der Waals surface area contributed by atoms with Crippen LogP contribution in [0.3, 0.4) is 0 Å². The molecule has 5 rings (SSSR count). The molecular weight excluding hydrogens is 546 g/mol. The van der Waals surface area contributed by atoms with Gasteiger partial charge in [0, 0.05) is 42.0 Å². The van der Waals surface area contributed by atoms with E-state index in [9.17, 15) is 19.2 Å². The monoisotopic (exact) mass is 581 g/mol. The third kappa shape index (κ3) is 7.40. The largest absolute Gasteiger partial charge is 0.494 e. The van der Waals surface area contributed by atoms with E-state index in [0.29, 0.717) is 18.8 Å². The first-order valence-corrected chi connectivity index (χ1v) is 14.4. The quantitative estimate of drug-likeness (QED) is 0.204. The van der Waals surface area contributed by atoms with Gasteiger partial charge in [0.25, 0.3) is 0 Å². The number of carbonyl (C=O) groups excluding carboxylic acids is 4. The van der Waals surface area contributed by atoms with Crippen LogP contribution in [0.15, 0.2) is 85.1 Å². The van der Waals surface area contributed by atoms with Crippen LogP contribution in [0.25, 0.3) is 10.9 Å². The van der Waals surface area contributed by atoms with Crippen molar-refractivity contribution in [2.75, 3.05) is 19.7 Å². The van der Waals surface area contributed by atoms with Crippen LogP contribution in [0.4, 0.5) is 0 Å². The first-order chi connectivity index (χ1) is 20.9. The highest BCUT2D eigenvalue weighted by Crippen LogP contribution is 2.20. The second-order valence-electron chi connectivity index (χ2n) is 10.4. The van der Waals surface area contributed by atoms with E-state index >= 15 is 0 Å². The number of piperazine rings is 1. The van der Waals surface area contributed by atoms with Gasteiger partial charge in [-0.25, -0.2) is 0 Å². The fourth-order valence-corrected chi connectivity index (χ4v) is 5.29. The summed E-state index contributed by atoms with van der Waals surface area (Å²) in [6.07, 6.45) is 2.37. The molecule has 1 aliphatic heterocycles. The molecule has 2 unspecified atom stereocenters. The fraction of sp³-hybridized carbons (Fsp3) is 0.273. The van der Waals surface area contributed by atoms with Crippen molar-refractivity contribution in [3.05, 3.63) is 102 Å². The predicted molar refractivity (Wildman–Crippen MR) is 162 cm³/mol. The average Bonchev–Trinajstić information content (AvgIpc) is 3.42. The first kappa shape index (κ1) is 29.4. The van der Waals surface area contributed by atoms with Gasteiger partial charge in [-0.1, -0.05) is 66.7 Å². The number of carbonyl (C=O) groups is 4. The van der Waals surface area contributed by atoms with E-state index in [1.807, 2.05) is 92.0 Å². The van der Waals surface area contributed by atoms with E-state index in [-0.39, 0.29) is 43.8 Å². The Labute approximate surface area is 249 Å². The standard InChI is InChI=1S/C33H35N5O5/c1-2-43-29-15-9-6-12-23(29)18-35-32(41)27(17-24-19-34-26-14-8-7-13-25(24)26)36-30(39)20-38-21-31(40)37-28(33(38)42)16-22-10-4-3-5-11-22/h3-15,19,27-28,34H,2,16-18,20-21H2,1H3,(H,35,41)(H,36,39)(H,37,40). The van der Waals surface area contributed by atoms with Gasteiger partial charge in [0.1, 0.15) is 30.9 Å². The second-order valence-corrected chi connectivity index (χ2v) is 10.4. The van der Waals surface area contributed by atoms with Crippen molar-refractivity contribution >= 4 is 34.5 Å². The Kier molecular flexibility index (Phi) is 9.36. The Morgan fingerprint density at radius 3 is 2.53 bits per heavy atom. The highest BCUT2D eigenvalue weighted by Gasteiger charge is 2.34. The van der Waals surface area contributed by atoms with Crippen molar-refractivity contribution in [3.8, 4) is 5.75 Å². The number of aromatic amines is 1. The topological polar surface area (TPSA) is 133 Å². The van der Waals surface area contributed by atoms with E-state index in [0.717, 1.165) is 27.6 Å². The molecule has 2 atom stereocenters. The second kappa shape index (κ2) is 13.7. The molecule has 43 heavy (non-hydrogen) atoms. The Hall–Kier alpha value is -5.12. The molecule has 0 bridgehead atoms. The summed E-state index contributed by atoms with van der Waals surface area (Å²) in [5, 5.41) is 9.43. The minimum atomic E-state index is -0.931. The zero-order valence-electron chi connectivity index (χ0n) is 24.0. The van der Waals surface area contributed by atoms with Gasteiger partial charge >= 0.3 is 0 Å². The van der Waals surface area contributed by atoms with Crippen LogP contribution in [-0.2, 0) is 38.6 Å². The summed E-state index contributed by atoms with van der Waals surface area (Å²) >= 11 is 0. The lowest BCUT2D eigenvalue weighted by atomic mass is 10.0. The van der Waals surface area contributed by atoms with Crippen molar-refractivity contribution < 1.29 is 23.9 Å². The average molecular weight is 582 g/mol. The number of rotatable bonds is 12. The minimum absolute atomic E-state index is 0.210. The third-order valence-corrected chi connectivity index (χ3v) is 7.37. The number of nitrogens with zero attached hydrogens (tertiary/aromatic N) is 1. The number of fused-ring (bicyclic) bond motifs is 1. The SMILES string of the molecule is CCOc1ccccc1CNC(=O)C(Cc1c[nH]c2ccccc12)NC(=O)CN1CC(=O)NC(Cc2ccccc2)C1=O. The molecule has 4 amide bonds. The molecule has 1 fully saturated rings. The molecule has 0 saturated carbocycles. The molecule has 3 aromatic carbocycles. The molecule has 222 valence electrons. The van der Waals surface area contributed by atoms with Gasteiger partial charge in [-0.2, -0.15) is 0 Å². The minimum Gasteiger partial charge on any atom is -0.494 e. The molecule has 2 heterocycles. The van der Waals surface area contributed by atoms with E-state index in [1.165, 1.54) is 4.90 Å². The van der Waals surface area contributed by atoms with E-state index in [4.69, 9.17) is 4.74 Å². The van der Waals surface area contributed by atoms with Crippen LogP contribution in [0, 0.1) is 0 Å². The number of H-pyrrole nitrogens is 1. The summed E-state index contributed by atoms with van der Waals surface area (Å²) in [6, 6.07) is 22.8. The number of aromatic nitrogens is 1. The van der Waals surface area contributed by atoms with Crippen molar-refractivity contribution in [2.45, 2.75) is 38.4 Å². The van der Waals surface area contributed by atoms with E-state index in [2.05, 4.69) is 20.9 Å². The molecule has 1 aromatic heterocycles. The zero-order chi connectivity index (χ0) is 30.2. The first-order valence-electron chi connectivity index (χ1n) is 14.4. The van der Waals surface area contributed by atoms with Crippen LogP contribution in [0.2, 0.25) is 0 Å². The van der Waals surface area contributed by atoms with E-state index < -0.39 is 18.0 Å². The van der Waals surface area contributed by atoms with Gasteiger partial charge in [-0.05, 0) is 30.2 Å². The van der Waals surface area contributed by atoms with Crippen LogP contribution in [0.1, 0.15) is 23.6 Å². The lowest BCUT2D eigenvalue weighted by Gasteiger charge is -2.32. The molecular formula is C33H35N5O5.